The molecule has 0 aromatic carbocycles. The normalized spacial score (nSPS) is 9.40. The Morgan fingerprint density at radius 2 is 2.10 bits per heavy atom. The molecule has 0 radical (unpaired) electrons. The summed E-state index contributed by atoms with van der Waals surface area (Å²) < 4.78 is 0. The molecule has 1 heterocycles. The first kappa shape index (κ1) is 7.00. The first-order chi connectivity index (χ1) is 4.74. The molecule has 1 aromatic rings. The molecule has 1 heteroatoms. The molecule has 0 fully saturated rings. The van der Waals surface area contributed by atoms with E-state index in [9.17, 15) is 0 Å². The molecule has 0 amide bonds. The Bertz CT molecular complexity index is 251. The third-order valence-electron chi connectivity index (χ3n) is 1.58. The molecule has 1 aromatic heterocycles. The average Bonchev–Trinajstić information content (AvgIpc) is 1.95. The Balaban J connectivity index is 3.16. The van der Waals surface area contributed by atoms with Crippen LogP contribution in [0.4, 0.5) is 0 Å². The number of aryl methyl sites for hydroxylation is 2. The highest BCUT2D eigenvalue weighted by Crippen LogP contribution is 2.04. The van der Waals surface area contributed by atoms with Gasteiger partial charge in [0.05, 0.1) is 5.69 Å². The van der Waals surface area contributed by atoms with Crippen molar-refractivity contribution in [2.45, 2.75) is 13.8 Å². The van der Waals surface area contributed by atoms with Gasteiger partial charge in [-0.15, -0.1) is 0 Å². The van der Waals surface area contributed by atoms with Crippen LogP contribution in [0.1, 0.15) is 17.0 Å². The largest absolute Gasteiger partial charge is 0.254 e. The standard InChI is InChI=1S/C9H11N/c1-4-9-6-5-7(2)8(3)10-9/h4-6H,1H2,2-3H3. The Hall–Kier alpha value is -1.11. The van der Waals surface area contributed by atoms with Crippen LogP contribution in [-0.2, 0) is 0 Å². The summed E-state index contributed by atoms with van der Waals surface area (Å²) in [4.78, 5) is 4.27. The third kappa shape index (κ3) is 1.24. The number of pyridine rings is 1. The molecule has 0 saturated carbocycles. The van der Waals surface area contributed by atoms with E-state index in [0.29, 0.717) is 0 Å². The van der Waals surface area contributed by atoms with Gasteiger partial charge in [0.2, 0.25) is 0 Å². The van der Waals surface area contributed by atoms with E-state index in [1.54, 1.807) is 6.08 Å². The van der Waals surface area contributed by atoms with Crippen molar-refractivity contribution in [2.24, 2.45) is 0 Å². The molecular formula is C9H11N. The lowest BCUT2D eigenvalue weighted by atomic mass is 10.2. The second kappa shape index (κ2) is 2.65. The van der Waals surface area contributed by atoms with Crippen LogP contribution in [-0.4, -0.2) is 4.98 Å². The maximum absolute atomic E-state index is 4.27. The summed E-state index contributed by atoms with van der Waals surface area (Å²) in [6.45, 7) is 7.69. The second-order valence-electron chi connectivity index (χ2n) is 2.34. The Kier molecular flexibility index (Phi) is 1.86. The van der Waals surface area contributed by atoms with E-state index in [-0.39, 0.29) is 0 Å². The van der Waals surface area contributed by atoms with Gasteiger partial charge in [-0.3, -0.25) is 4.98 Å². The van der Waals surface area contributed by atoms with Crippen molar-refractivity contribution in [1.29, 1.82) is 0 Å². The quantitative estimate of drug-likeness (QED) is 0.573. The van der Waals surface area contributed by atoms with Crippen molar-refractivity contribution in [1.82, 2.24) is 4.98 Å². The SMILES string of the molecule is C=Cc1ccc(C)c(C)n1. The van der Waals surface area contributed by atoms with Crippen molar-refractivity contribution in [3.05, 3.63) is 35.7 Å². The molecule has 0 spiro atoms. The van der Waals surface area contributed by atoms with Crippen LogP contribution in [0.3, 0.4) is 0 Å². The van der Waals surface area contributed by atoms with Crippen molar-refractivity contribution in [2.75, 3.05) is 0 Å². The van der Waals surface area contributed by atoms with E-state index in [0.717, 1.165) is 11.4 Å². The van der Waals surface area contributed by atoms with Crippen LogP contribution in [0.25, 0.3) is 6.08 Å². The third-order valence-corrected chi connectivity index (χ3v) is 1.58. The Morgan fingerprint density at radius 3 is 2.60 bits per heavy atom. The Labute approximate surface area is 61.4 Å². The number of hydrogen-bond donors (Lipinski definition) is 0. The van der Waals surface area contributed by atoms with E-state index in [2.05, 4.69) is 24.6 Å². The fourth-order valence-electron chi connectivity index (χ4n) is 0.764. The van der Waals surface area contributed by atoms with Gasteiger partial charge in [-0.1, -0.05) is 12.6 Å². The lowest BCUT2D eigenvalue weighted by molar-refractivity contribution is 1.14. The van der Waals surface area contributed by atoms with E-state index in [1.807, 2.05) is 13.0 Å². The molecule has 0 saturated heterocycles. The molecule has 0 aliphatic rings. The van der Waals surface area contributed by atoms with Gasteiger partial charge in [-0.25, -0.2) is 0 Å². The van der Waals surface area contributed by atoms with Gasteiger partial charge in [-0.05, 0) is 31.6 Å². The van der Waals surface area contributed by atoms with E-state index >= 15 is 0 Å². The topological polar surface area (TPSA) is 12.9 Å². The molecule has 0 aliphatic carbocycles. The van der Waals surface area contributed by atoms with Crippen molar-refractivity contribution in [3.63, 3.8) is 0 Å². The van der Waals surface area contributed by atoms with E-state index in [4.69, 9.17) is 0 Å². The zero-order valence-electron chi connectivity index (χ0n) is 6.39. The predicted molar refractivity (Wildman–Crippen MR) is 43.8 cm³/mol. The van der Waals surface area contributed by atoms with Gasteiger partial charge in [0.1, 0.15) is 0 Å². The van der Waals surface area contributed by atoms with Gasteiger partial charge < -0.3 is 0 Å². The fourth-order valence-corrected chi connectivity index (χ4v) is 0.764. The lowest BCUT2D eigenvalue weighted by Crippen LogP contribution is -1.87. The van der Waals surface area contributed by atoms with Crippen molar-refractivity contribution < 1.29 is 0 Å². The zero-order chi connectivity index (χ0) is 7.56. The number of hydrogen-bond acceptors (Lipinski definition) is 1. The summed E-state index contributed by atoms with van der Waals surface area (Å²) >= 11 is 0. The molecule has 0 unspecified atom stereocenters. The molecule has 1 rings (SSSR count). The van der Waals surface area contributed by atoms with Gasteiger partial charge in [-0.2, -0.15) is 0 Å². The lowest BCUT2D eigenvalue weighted by Gasteiger charge is -1.98. The highest BCUT2D eigenvalue weighted by Gasteiger charge is 1.92. The van der Waals surface area contributed by atoms with Gasteiger partial charge in [0.25, 0.3) is 0 Å². The van der Waals surface area contributed by atoms with Crippen LogP contribution in [0.5, 0.6) is 0 Å². The molecule has 10 heavy (non-hydrogen) atoms. The molecule has 0 atom stereocenters. The summed E-state index contributed by atoms with van der Waals surface area (Å²) in [5.41, 5.74) is 3.26. The number of aromatic nitrogens is 1. The highest BCUT2D eigenvalue weighted by molar-refractivity contribution is 5.42. The van der Waals surface area contributed by atoms with Gasteiger partial charge in [0, 0.05) is 5.69 Å². The minimum atomic E-state index is 0.947. The molecule has 52 valence electrons. The van der Waals surface area contributed by atoms with Gasteiger partial charge >= 0.3 is 0 Å². The molecule has 1 nitrogen and oxygen atoms in total. The molecular weight excluding hydrogens is 122 g/mol. The van der Waals surface area contributed by atoms with Gasteiger partial charge in [0.15, 0.2) is 0 Å². The summed E-state index contributed by atoms with van der Waals surface area (Å²) in [7, 11) is 0. The molecule has 0 bridgehead atoms. The maximum Gasteiger partial charge on any atom is 0.0627 e. The van der Waals surface area contributed by atoms with Crippen LogP contribution in [0.2, 0.25) is 0 Å². The zero-order valence-corrected chi connectivity index (χ0v) is 6.39. The van der Waals surface area contributed by atoms with Crippen LogP contribution in [0.15, 0.2) is 18.7 Å². The molecule has 0 aliphatic heterocycles. The summed E-state index contributed by atoms with van der Waals surface area (Å²) in [6, 6.07) is 4.02. The maximum atomic E-state index is 4.27. The summed E-state index contributed by atoms with van der Waals surface area (Å²) in [6.07, 6.45) is 1.76. The first-order valence-electron chi connectivity index (χ1n) is 3.30. The predicted octanol–water partition coefficient (Wildman–Crippen LogP) is 2.34. The summed E-state index contributed by atoms with van der Waals surface area (Å²) in [5.74, 6) is 0. The Morgan fingerprint density at radius 1 is 1.40 bits per heavy atom. The first-order valence-corrected chi connectivity index (χ1v) is 3.30. The van der Waals surface area contributed by atoms with E-state index in [1.165, 1.54) is 5.56 Å². The minimum Gasteiger partial charge on any atom is -0.254 e. The average molecular weight is 133 g/mol. The monoisotopic (exact) mass is 133 g/mol. The van der Waals surface area contributed by atoms with Crippen LogP contribution < -0.4 is 0 Å². The van der Waals surface area contributed by atoms with Crippen molar-refractivity contribution in [3.8, 4) is 0 Å². The second-order valence-corrected chi connectivity index (χ2v) is 2.34. The van der Waals surface area contributed by atoms with Crippen molar-refractivity contribution >= 4 is 6.08 Å². The number of nitrogens with zero attached hydrogens (tertiary/aromatic N) is 1. The van der Waals surface area contributed by atoms with E-state index < -0.39 is 0 Å². The van der Waals surface area contributed by atoms with Crippen LogP contribution >= 0.6 is 0 Å². The van der Waals surface area contributed by atoms with Crippen LogP contribution in [0, 0.1) is 13.8 Å². The minimum absolute atomic E-state index is 0.947. The fraction of sp³-hybridized carbons (Fsp3) is 0.222. The smallest absolute Gasteiger partial charge is 0.0627 e. The highest BCUT2D eigenvalue weighted by atomic mass is 14.7. The molecule has 0 N–H and O–H groups in total. The summed E-state index contributed by atoms with van der Waals surface area (Å²) in [5, 5.41) is 0. The number of rotatable bonds is 1.